The molecule has 0 aliphatic carbocycles. The summed E-state index contributed by atoms with van der Waals surface area (Å²) >= 11 is 0. The lowest BCUT2D eigenvalue weighted by molar-refractivity contribution is 0.203. The van der Waals surface area contributed by atoms with E-state index in [-0.39, 0.29) is 12.4 Å². The summed E-state index contributed by atoms with van der Waals surface area (Å²) in [6.07, 6.45) is 1.95. The number of benzene rings is 2. The van der Waals surface area contributed by atoms with Gasteiger partial charge in [0.15, 0.2) is 0 Å². The number of aliphatic hydroxyl groups is 1. The lowest BCUT2D eigenvalue weighted by atomic mass is 9.97. The number of halogens is 1. The maximum atomic E-state index is 14.0. The quantitative estimate of drug-likeness (QED) is 0.875. The molecule has 0 spiro atoms. The van der Waals surface area contributed by atoms with Gasteiger partial charge in [0, 0.05) is 31.8 Å². The molecule has 0 aromatic heterocycles. The van der Waals surface area contributed by atoms with Crippen LogP contribution in [0.15, 0.2) is 42.5 Å². The second-order valence-corrected chi connectivity index (χ2v) is 6.40. The van der Waals surface area contributed by atoms with Crippen LogP contribution >= 0.6 is 0 Å². The van der Waals surface area contributed by atoms with Crippen molar-refractivity contribution in [3.63, 3.8) is 0 Å². The normalized spacial score (nSPS) is 15.0. The fourth-order valence-electron chi connectivity index (χ4n) is 3.23. The van der Waals surface area contributed by atoms with Crippen molar-refractivity contribution in [2.24, 2.45) is 5.92 Å². The molecule has 0 amide bonds. The number of nitrogens with one attached hydrogen (secondary N) is 1. The van der Waals surface area contributed by atoms with E-state index in [0.717, 1.165) is 37.3 Å². The second-order valence-electron chi connectivity index (χ2n) is 6.40. The molecule has 0 radical (unpaired) electrons. The Hall–Kier alpha value is -2.58. The summed E-state index contributed by atoms with van der Waals surface area (Å²) < 4.78 is 14.0. The zero-order valence-corrected chi connectivity index (χ0v) is 14.1. The Morgan fingerprint density at radius 3 is 2.68 bits per heavy atom. The van der Waals surface area contributed by atoms with Crippen molar-refractivity contribution in [3.8, 4) is 6.07 Å². The summed E-state index contributed by atoms with van der Waals surface area (Å²) in [7, 11) is 0. The fourth-order valence-corrected chi connectivity index (χ4v) is 3.23. The highest BCUT2D eigenvalue weighted by Gasteiger charge is 2.20. The maximum Gasteiger partial charge on any atom is 0.128 e. The van der Waals surface area contributed by atoms with Gasteiger partial charge in [-0.2, -0.15) is 5.26 Å². The molecule has 0 unspecified atom stereocenters. The number of rotatable bonds is 5. The monoisotopic (exact) mass is 339 g/mol. The summed E-state index contributed by atoms with van der Waals surface area (Å²) in [6.45, 7) is 2.39. The molecule has 0 bridgehead atoms. The van der Waals surface area contributed by atoms with Crippen LogP contribution in [0.5, 0.6) is 0 Å². The highest BCUT2D eigenvalue weighted by molar-refractivity contribution is 5.70. The van der Waals surface area contributed by atoms with Crippen LogP contribution in [0.1, 0.15) is 24.0 Å². The van der Waals surface area contributed by atoms with Crippen LogP contribution in [0, 0.1) is 23.1 Å². The average molecular weight is 339 g/mol. The van der Waals surface area contributed by atoms with E-state index in [0.29, 0.717) is 23.6 Å². The average Bonchev–Trinajstić information content (AvgIpc) is 2.68. The van der Waals surface area contributed by atoms with Crippen LogP contribution in [-0.4, -0.2) is 24.8 Å². The molecule has 1 heterocycles. The van der Waals surface area contributed by atoms with Crippen molar-refractivity contribution in [2.45, 2.75) is 19.4 Å². The number of hydrogen-bond acceptors (Lipinski definition) is 4. The van der Waals surface area contributed by atoms with Gasteiger partial charge in [0.2, 0.25) is 0 Å². The van der Waals surface area contributed by atoms with E-state index in [2.05, 4.69) is 16.3 Å². The Kier molecular flexibility index (Phi) is 5.52. The highest BCUT2D eigenvalue weighted by atomic mass is 19.1. The molecule has 1 aliphatic heterocycles. The third kappa shape index (κ3) is 4.09. The maximum absolute atomic E-state index is 14.0. The van der Waals surface area contributed by atoms with Gasteiger partial charge in [-0.05, 0) is 49.1 Å². The van der Waals surface area contributed by atoms with E-state index in [1.54, 1.807) is 6.07 Å². The first-order chi connectivity index (χ1) is 12.2. The highest BCUT2D eigenvalue weighted by Crippen LogP contribution is 2.30. The molecule has 4 nitrogen and oxygen atoms in total. The number of nitrogens with zero attached hydrogens (tertiary/aromatic N) is 2. The molecule has 2 aromatic carbocycles. The first-order valence-corrected chi connectivity index (χ1v) is 8.58. The zero-order valence-electron chi connectivity index (χ0n) is 14.1. The molecule has 2 aromatic rings. The van der Waals surface area contributed by atoms with E-state index in [1.807, 2.05) is 24.3 Å². The topological polar surface area (TPSA) is 59.3 Å². The van der Waals surface area contributed by atoms with Gasteiger partial charge in [-0.3, -0.25) is 0 Å². The van der Waals surface area contributed by atoms with Gasteiger partial charge >= 0.3 is 0 Å². The van der Waals surface area contributed by atoms with Gasteiger partial charge in [0.05, 0.1) is 23.0 Å². The summed E-state index contributed by atoms with van der Waals surface area (Å²) in [5.74, 6) is 0.0759. The fraction of sp³-hybridized carbons (Fsp3) is 0.350. The van der Waals surface area contributed by atoms with Crippen molar-refractivity contribution < 1.29 is 9.50 Å². The summed E-state index contributed by atoms with van der Waals surface area (Å²) in [6, 6.07) is 14.4. The number of para-hydroxylation sites is 2. The number of piperidine rings is 1. The first kappa shape index (κ1) is 17.2. The van der Waals surface area contributed by atoms with Crippen LogP contribution in [0.4, 0.5) is 15.8 Å². The molecule has 3 rings (SSSR count). The minimum Gasteiger partial charge on any atom is -0.396 e. The molecular formula is C20H22FN3O. The van der Waals surface area contributed by atoms with Crippen molar-refractivity contribution in [1.82, 2.24) is 0 Å². The van der Waals surface area contributed by atoms with Crippen LogP contribution in [0.25, 0.3) is 0 Å². The zero-order chi connectivity index (χ0) is 17.6. The molecule has 1 fully saturated rings. The largest absolute Gasteiger partial charge is 0.396 e. The second kappa shape index (κ2) is 8.00. The van der Waals surface area contributed by atoms with Gasteiger partial charge in [-0.1, -0.05) is 12.1 Å². The third-order valence-electron chi connectivity index (χ3n) is 4.76. The minimum atomic E-state index is -0.312. The molecule has 130 valence electrons. The van der Waals surface area contributed by atoms with Crippen molar-refractivity contribution >= 4 is 11.4 Å². The molecule has 5 heteroatoms. The Balaban J connectivity index is 1.73. The minimum absolute atomic E-state index is 0.252. The van der Waals surface area contributed by atoms with Crippen LogP contribution in [0.2, 0.25) is 0 Å². The van der Waals surface area contributed by atoms with Gasteiger partial charge in [0.25, 0.3) is 0 Å². The van der Waals surface area contributed by atoms with Crippen molar-refractivity contribution in [2.75, 3.05) is 29.9 Å². The van der Waals surface area contributed by atoms with Crippen LogP contribution < -0.4 is 10.2 Å². The van der Waals surface area contributed by atoms with Crippen LogP contribution in [-0.2, 0) is 6.54 Å². The van der Waals surface area contributed by atoms with E-state index < -0.39 is 0 Å². The lowest BCUT2D eigenvalue weighted by Crippen LogP contribution is -2.35. The van der Waals surface area contributed by atoms with Crippen LogP contribution in [0.3, 0.4) is 0 Å². The van der Waals surface area contributed by atoms with Gasteiger partial charge in [0.1, 0.15) is 5.82 Å². The van der Waals surface area contributed by atoms with Gasteiger partial charge < -0.3 is 15.3 Å². The third-order valence-corrected chi connectivity index (χ3v) is 4.76. The molecule has 2 N–H and O–H groups in total. The molecule has 25 heavy (non-hydrogen) atoms. The Morgan fingerprint density at radius 1 is 1.20 bits per heavy atom. The predicted molar refractivity (Wildman–Crippen MR) is 96.9 cm³/mol. The molecule has 1 aliphatic rings. The smallest absolute Gasteiger partial charge is 0.128 e. The van der Waals surface area contributed by atoms with E-state index in [1.165, 1.54) is 12.1 Å². The van der Waals surface area contributed by atoms with Crippen molar-refractivity contribution in [3.05, 3.63) is 59.4 Å². The molecule has 1 saturated heterocycles. The van der Waals surface area contributed by atoms with E-state index in [9.17, 15) is 9.50 Å². The SMILES string of the molecule is N#Cc1ccc(F)c(CNc2ccccc2N2CCC(CO)CC2)c1. The summed E-state index contributed by atoms with van der Waals surface area (Å²) in [5.41, 5.74) is 2.98. The summed E-state index contributed by atoms with van der Waals surface area (Å²) in [4.78, 5) is 2.30. The number of nitriles is 1. The van der Waals surface area contributed by atoms with E-state index in [4.69, 9.17) is 5.26 Å². The molecule has 0 atom stereocenters. The van der Waals surface area contributed by atoms with Gasteiger partial charge in [-0.15, -0.1) is 0 Å². The predicted octanol–water partition coefficient (Wildman–Crippen LogP) is 3.52. The number of hydrogen-bond donors (Lipinski definition) is 2. The Labute approximate surface area is 147 Å². The number of anilines is 2. The molecular weight excluding hydrogens is 317 g/mol. The standard InChI is InChI=1S/C20H22FN3O/c21-18-6-5-16(12-22)11-17(18)13-23-19-3-1-2-4-20(19)24-9-7-15(14-25)8-10-24/h1-6,11,15,23,25H,7-10,13-14H2. The Morgan fingerprint density at radius 2 is 1.96 bits per heavy atom. The number of aliphatic hydroxyl groups excluding tert-OH is 1. The first-order valence-electron chi connectivity index (χ1n) is 8.58. The lowest BCUT2D eigenvalue weighted by Gasteiger charge is -2.34. The van der Waals surface area contributed by atoms with Crippen molar-refractivity contribution in [1.29, 1.82) is 5.26 Å². The molecule has 0 saturated carbocycles. The summed E-state index contributed by atoms with van der Waals surface area (Å²) in [5, 5.41) is 21.6. The Bertz CT molecular complexity index is 764. The van der Waals surface area contributed by atoms with Gasteiger partial charge in [-0.25, -0.2) is 4.39 Å². The van der Waals surface area contributed by atoms with E-state index >= 15 is 0 Å².